The van der Waals surface area contributed by atoms with Gasteiger partial charge >= 0.3 is 12.1 Å². The number of nitrogens with zero attached hydrogens (tertiary/aromatic N) is 1. The fourth-order valence-electron chi connectivity index (χ4n) is 2.54. The average Bonchev–Trinajstić information content (AvgIpc) is 2.74. The molecule has 1 aromatic heterocycles. The van der Waals surface area contributed by atoms with Crippen LogP contribution in [0.3, 0.4) is 0 Å². The third-order valence-electron chi connectivity index (χ3n) is 3.40. The molecule has 2 amide bonds. The van der Waals surface area contributed by atoms with Crippen molar-refractivity contribution in [3.05, 3.63) is 29.0 Å². The number of hydrazone groups is 1. The first-order chi connectivity index (χ1) is 11.7. The molecule has 2 aromatic rings. The molecule has 3 rings (SSSR count). The quantitative estimate of drug-likeness (QED) is 0.663. The average molecular weight is 344 g/mol. The van der Waals surface area contributed by atoms with Crippen LogP contribution >= 0.6 is 0 Å². The number of anilines is 1. The summed E-state index contributed by atoms with van der Waals surface area (Å²) in [7, 11) is 0. The van der Waals surface area contributed by atoms with Gasteiger partial charge in [-0.25, -0.2) is 15.0 Å². The molecule has 9 heteroatoms. The van der Waals surface area contributed by atoms with E-state index < -0.39 is 23.6 Å². The minimum absolute atomic E-state index is 0.0917. The number of H-pyrrole nitrogens is 1. The molecule has 0 atom stereocenters. The van der Waals surface area contributed by atoms with Gasteiger partial charge in [-0.15, -0.1) is 0 Å². The van der Waals surface area contributed by atoms with Crippen LogP contribution in [0.2, 0.25) is 0 Å². The highest BCUT2D eigenvalue weighted by Gasteiger charge is 2.24. The molecule has 4 N–H and O–H groups in total. The molecule has 130 valence electrons. The number of carboxylic acid groups (broad SMARTS) is 1. The summed E-state index contributed by atoms with van der Waals surface area (Å²) in [4.78, 5) is 38.3. The maximum Gasteiger partial charge on any atom is 0.412 e. The molecule has 0 radical (unpaired) electrons. The first-order valence-corrected chi connectivity index (χ1v) is 7.42. The molecule has 25 heavy (non-hydrogen) atoms. The van der Waals surface area contributed by atoms with Gasteiger partial charge in [0.15, 0.2) is 0 Å². The second-order valence-corrected chi connectivity index (χ2v) is 6.49. The zero-order chi connectivity index (χ0) is 18.4. The summed E-state index contributed by atoms with van der Waals surface area (Å²) < 4.78 is 5.18. The van der Waals surface area contributed by atoms with Crippen molar-refractivity contribution in [1.82, 2.24) is 10.4 Å². The Morgan fingerprint density at radius 3 is 2.64 bits per heavy atom. The number of ether oxygens (including phenoxy) is 1. The van der Waals surface area contributed by atoms with Gasteiger partial charge in [0, 0.05) is 22.2 Å². The second-order valence-electron chi connectivity index (χ2n) is 6.49. The largest absolute Gasteiger partial charge is 0.477 e. The van der Waals surface area contributed by atoms with Crippen molar-refractivity contribution in [3.8, 4) is 0 Å². The Bertz CT molecular complexity index is 936. The van der Waals surface area contributed by atoms with Gasteiger partial charge < -0.3 is 14.8 Å². The predicted octanol–water partition coefficient (Wildman–Crippen LogP) is 2.29. The highest BCUT2D eigenvalue weighted by molar-refractivity contribution is 6.18. The first kappa shape index (κ1) is 16.5. The van der Waals surface area contributed by atoms with Gasteiger partial charge in [0.2, 0.25) is 0 Å². The van der Waals surface area contributed by atoms with Crippen molar-refractivity contribution < 1.29 is 24.2 Å². The van der Waals surface area contributed by atoms with Gasteiger partial charge in [-0.05, 0) is 32.9 Å². The van der Waals surface area contributed by atoms with E-state index >= 15 is 0 Å². The highest BCUT2D eigenvalue weighted by Crippen LogP contribution is 2.30. The molecule has 0 aliphatic carbocycles. The zero-order valence-corrected chi connectivity index (χ0v) is 13.8. The van der Waals surface area contributed by atoms with Crippen LogP contribution in [-0.4, -0.2) is 39.9 Å². The van der Waals surface area contributed by atoms with Gasteiger partial charge in [0.1, 0.15) is 11.3 Å². The summed E-state index contributed by atoms with van der Waals surface area (Å²) in [5, 5.41) is 16.0. The number of carbonyl (C=O) groups is 3. The Balaban J connectivity index is 2.10. The van der Waals surface area contributed by atoms with E-state index in [1.54, 1.807) is 20.8 Å². The minimum atomic E-state index is -1.18. The lowest BCUT2D eigenvalue weighted by Gasteiger charge is -2.19. The molecule has 0 spiro atoms. The maximum atomic E-state index is 12.2. The molecule has 1 aromatic carbocycles. The lowest BCUT2D eigenvalue weighted by molar-refractivity contribution is 0.0633. The van der Waals surface area contributed by atoms with Crippen LogP contribution in [0.15, 0.2) is 17.2 Å². The summed E-state index contributed by atoms with van der Waals surface area (Å²) in [6, 6.07) is 2.98. The number of aromatic carboxylic acids is 1. The zero-order valence-electron chi connectivity index (χ0n) is 13.8. The number of hydrogen-bond donors (Lipinski definition) is 4. The Labute approximate surface area is 142 Å². The summed E-state index contributed by atoms with van der Waals surface area (Å²) in [6.45, 7) is 5.18. The fourth-order valence-corrected chi connectivity index (χ4v) is 2.54. The van der Waals surface area contributed by atoms with E-state index in [9.17, 15) is 19.5 Å². The van der Waals surface area contributed by atoms with E-state index in [0.29, 0.717) is 22.2 Å². The number of rotatable bonds is 2. The predicted molar refractivity (Wildman–Crippen MR) is 90.2 cm³/mol. The Morgan fingerprint density at radius 2 is 2.00 bits per heavy atom. The number of aromatic nitrogens is 1. The third-order valence-corrected chi connectivity index (χ3v) is 3.40. The van der Waals surface area contributed by atoms with E-state index in [1.165, 1.54) is 18.3 Å². The van der Waals surface area contributed by atoms with Crippen LogP contribution in [0.25, 0.3) is 10.9 Å². The number of carboxylic acids is 1. The summed E-state index contributed by atoms with van der Waals surface area (Å²) >= 11 is 0. The van der Waals surface area contributed by atoms with Crippen molar-refractivity contribution in [2.75, 3.05) is 5.32 Å². The molecule has 0 saturated heterocycles. The number of carbonyl (C=O) groups excluding carboxylic acids is 2. The number of amides is 2. The van der Waals surface area contributed by atoms with Crippen molar-refractivity contribution in [3.63, 3.8) is 0 Å². The number of hydrogen-bond acceptors (Lipinski definition) is 5. The van der Waals surface area contributed by atoms with Crippen LogP contribution in [0.5, 0.6) is 0 Å². The number of aromatic amines is 1. The fraction of sp³-hybridized carbons (Fsp3) is 0.250. The van der Waals surface area contributed by atoms with Gasteiger partial charge in [-0.2, -0.15) is 5.10 Å². The molecule has 1 aliphatic heterocycles. The Morgan fingerprint density at radius 1 is 1.28 bits per heavy atom. The van der Waals surface area contributed by atoms with E-state index in [-0.39, 0.29) is 11.3 Å². The van der Waals surface area contributed by atoms with Crippen LogP contribution in [0.1, 0.15) is 47.2 Å². The van der Waals surface area contributed by atoms with Crippen LogP contribution in [-0.2, 0) is 4.74 Å². The summed E-state index contributed by atoms with van der Waals surface area (Å²) in [5.74, 6) is -1.69. The van der Waals surface area contributed by atoms with Crippen LogP contribution in [0, 0.1) is 0 Å². The molecule has 0 unspecified atom stereocenters. The second kappa shape index (κ2) is 5.62. The van der Waals surface area contributed by atoms with Crippen molar-refractivity contribution >= 4 is 40.8 Å². The van der Waals surface area contributed by atoms with Gasteiger partial charge in [0.05, 0.1) is 11.8 Å². The molecule has 9 nitrogen and oxygen atoms in total. The van der Waals surface area contributed by atoms with Crippen LogP contribution < -0.4 is 10.7 Å². The molecular weight excluding hydrogens is 328 g/mol. The normalized spacial score (nSPS) is 13.3. The van der Waals surface area contributed by atoms with Crippen LogP contribution in [0.4, 0.5) is 10.5 Å². The molecule has 2 heterocycles. The Hall–Kier alpha value is -3.36. The van der Waals surface area contributed by atoms with Gasteiger partial charge in [-0.1, -0.05) is 0 Å². The minimum Gasteiger partial charge on any atom is -0.477 e. The topological polar surface area (TPSA) is 133 Å². The van der Waals surface area contributed by atoms with E-state index in [2.05, 4.69) is 20.8 Å². The molecule has 0 bridgehead atoms. The van der Waals surface area contributed by atoms with E-state index in [4.69, 9.17) is 4.74 Å². The lowest BCUT2D eigenvalue weighted by atomic mass is 10.0. The maximum absolute atomic E-state index is 12.2. The summed E-state index contributed by atoms with van der Waals surface area (Å²) in [6.07, 6.45) is 0.590. The van der Waals surface area contributed by atoms with Crippen molar-refractivity contribution in [1.29, 1.82) is 0 Å². The first-order valence-electron chi connectivity index (χ1n) is 7.42. The standard InChI is InChI=1S/C16H16N4O5/c1-16(2,3)25-15(24)18-7-4-8-11-9(6-17-20-13(8)21)12(14(22)23)19-10(11)5-7/h4-6,19H,1-3H3,(H,18,24)(H,20,21)(H,22,23). The third kappa shape index (κ3) is 3.16. The molecule has 1 aliphatic rings. The number of benzene rings is 1. The van der Waals surface area contributed by atoms with Crippen molar-refractivity contribution in [2.45, 2.75) is 26.4 Å². The SMILES string of the molecule is CC(C)(C)OC(=O)Nc1cc2c3c(c(C(=O)O)[nH]c3c1)C=NNC2=O. The smallest absolute Gasteiger partial charge is 0.412 e. The molecule has 0 fully saturated rings. The van der Waals surface area contributed by atoms with E-state index in [0.717, 1.165) is 0 Å². The lowest BCUT2D eigenvalue weighted by Crippen LogP contribution is -2.27. The van der Waals surface area contributed by atoms with E-state index in [1.807, 2.05) is 0 Å². The molecular formula is C16H16N4O5. The monoisotopic (exact) mass is 344 g/mol. The summed E-state index contributed by atoms with van der Waals surface area (Å²) in [5.41, 5.74) is 2.70. The Kier molecular flexibility index (Phi) is 3.71. The van der Waals surface area contributed by atoms with Crippen molar-refractivity contribution in [2.24, 2.45) is 5.10 Å². The highest BCUT2D eigenvalue weighted by atomic mass is 16.6. The van der Waals surface area contributed by atoms with Gasteiger partial charge in [-0.3, -0.25) is 10.1 Å². The van der Waals surface area contributed by atoms with Gasteiger partial charge in [0.25, 0.3) is 5.91 Å². The number of nitrogens with one attached hydrogen (secondary N) is 3. The molecule has 0 saturated carbocycles.